The summed E-state index contributed by atoms with van der Waals surface area (Å²) in [6.07, 6.45) is 1.75. The smallest absolute Gasteiger partial charge is 0.410 e. The molecule has 1 aromatic carbocycles. The molecule has 1 heterocycles. The van der Waals surface area contributed by atoms with Gasteiger partial charge >= 0.3 is 6.09 Å². The lowest BCUT2D eigenvalue weighted by molar-refractivity contribution is 0.0224. The molecule has 1 aromatic rings. The lowest BCUT2D eigenvalue weighted by Crippen LogP contribution is -2.36. The third-order valence-corrected chi connectivity index (χ3v) is 3.39. The van der Waals surface area contributed by atoms with E-state index < -0.39 is 5.60 Å². The van der Waals surface area contributed by atoms with Crippen LogP contribution < -0.4 is 0 Å². The predicted molar refractivity (Wildman–Crippen MR) is 76.4 cm³/mol. The number of amides is 1. The predicted octanol–water partition coefficient (Wildman–Crippen LogP) is 4.41. The number of benzene rings is 1. The molecule has 1 saturated heterocycles. The van der Waals surface area contributed by atoms with Crippen LogP contribution in [0.3, 0.4) is 0 Å². The third kappa shape index (κ3) is 3.63. The van der Waals surface area contributed by atoms with Crippen molar-refractivity contribution in [1.82, 2.24) is 4.90 Å². The Kier molecular flexibility index (Phi) is 4.04. The first-order valence-corrected chi connectivity index (χ1v) is 7.00. The van der Waals surface area contributed by atoms with Crippen LogP contribution in [0.2, 0.25) is 5.02 Å². The van der Waals surface area contributed by atoms with Crippen LogP contribution in [0, 0.1) is 0 Å². The van der Waals surface area contributed by atoms with Crippen molar-refractivity contribution in [2.75, 3.05) is 6.54 Å². The lowest BCUT2D eigenvalue weighted by Gasteiger charge is -2.28. The van der Waals surface area contributed by atoms with E-state index in [1.807, 2.05) is 49.9 Å². The van der Waals surface area contributed by atoms with Crippen molar-refractivity contribution < 1.29 is 9.53 Å². The van der Waals surface area contributed by atoms with E-state index in [4.69, 9.17) is 16.3 Å². The minimum Gasteiger partial charge on any atom is -0.444 e. The fourth-order valence-corrected chi connectivity index (χ4v) is 2.46. The van der Waals surface area contributed by atoms with Gasteiger partial charge in [0.2, 0.25) is 0 Å². The molecular weight excluding hydrogens is 262 g/mol. The van der Waals surface area contributed by atoms with Gasteiger partial charge in [0.1, 0.15) is 5.60 Å². The quantitative estimate of drug-likeness (QED) is 0.763. The topological polar surface area (TPSA) is 29.5 Å². The maximum atomic E-state index is 12.2. The highest BCUT2D eigenvalue weighted by Gasteiger charge is 2.32. The van der Waals surface area contributed by atoms with Crippen LogP contribution in [0.15, 0.2) is 24.3 Å². The fourth-order valence-electron chi connectivity index (χ4n) is 2.34. The van der Waals surface area contributed by atoms with Crippen molar-refractivity contribution in [2.24, 2.45) is 0 Å². The van der Waals surface area contributed by atoms with E-state index in [-0.39, 0.29) is 12.1 Å². The van der Waals surface area contributed by atoms with E-state index >= 15 is 0 Å². The summed E-state index contributed by atoms with van der Waals surface area (Å²) in [6.45, 7) is 6.41. The Labute approximate surface area is 119 Å². The Balaban J connectivity index is 2.12. The number of nitrogens with zero attached hydrogens (tertiary/aromatic N) is 1. The molecule has 0 saturated carbocycles. The Bertz CT molecular complexity index is 450. The molecular formula is C15H20ClNO2. The Morgan fingerprint density at radius 3 is 2.53 bits per heavy atom. The van der Waals surface area contributed by atoms with E-state index in [0.29, 0.717) is 5.02 Å². The van der Waals surface area contributed by atoms with Gasteiger partial charge in [-0.1, -0.05) is 23.7 Å². The highest BCUT2D eigenvalue weighted by Crippen LogP contribution is 2.33. The summed E-state index contributed by atoms with van der Waals surface area (Å²) in [5, 5.41) is 0.713. The van der Waals surface area contributed by atoms with Crippen molar-refractivity contribution in [3.8, 4) is 0 Å². The van der Waals surface area contributed by atoms with Crippen LogP contribution in [0.5, 0.6) is 0 Å². The fraction of sp³-hybridized carbons (Fsp3) is 0.533. The summed E-state index contributed by atoms with van der Waals surface area (Å²) in [6, 6.07) is 7.79. The second-order valence-electron chi connectivity index (χ2n) is 5.88. The van der Waals surface area contributed by atoms with Crippen LogP contribution >= 0.6 is 11.6 Å². The number of rotatable bonds is 1. The highest BCUT2D eigenvalue weighted by molar-refractivity contribution is 6.30. The molecule has 1 fully saturated rings. The number of hydrogen-bond donors (Lipinski definition) is 0. The first kappa shape index (κ1) is 14.2. The van der Waals surface area contributed by atoms with Gasteiger partial charge in [-0.15, -0.1) is 0 Å². The zero-order chi connectivity index (χ0) is 14.0. The molecule has 19 heavy (non-hydrogen) atoms. The van der Waals surface area contributed by atoms with Gasteiger partial charge in [-0.3, -0.25) is 0 Å². The first-order chi connectivity index (χ1) is 8.87. The summed E-state index contributed by atoms with van der Waals surface area (Å²) in [4.78, 5) is 14.0. The average molecular weight is 282 g/mol. The molecule has 4 heteroatoms. The van der Waals surface area contributed by atoms with Gasteiger partial charge in [0, 0.05) is 11.6 Å². The molecule has 1 amide bonds. The van der Waals surface area contributed by atoms with Crippen LogP contribution in [0.4, 0.5) is 4.79 Å². The number of ether oxygens (including phenoxy) is 1. The second-order valence-corrected chi connectivity index (χ2v) is 6.32. The monoisotopic (exact) mass is 281 g/mol. The highest BCUT2D eigenvalue weighted by atomic mass is 35.5. The van der Waals surface area contributed by atoms with Crippen molar-refractivity contribution in [2.45, 2.75) is 45.3 Å². The molecule has 0 N–H and O–H groups in total. The van der Waals surface area contributed by atoms with Gasteiger partial charge in [0.25, 0.3) is 0 Å². The van der Waals surface area contributed by atoms with Crippen molar-refractivity contribution in [3.05, 3.63) is 34.9 Å². The van der Waals surface area contributed by atoms with Gasteiger partial charge in [0.05, 0.1) is 6.04 Å². The van der Waals surface area contributed by atoms with E-state index in [9.17, 15) is 4.79 Å². The largest absolute Gasteiger partial charge is 0.444 e. The van der Waals surface area contributed by atoms with Gasteiger partial charge in [-0.05, 0) is 51.3 Å². The molecule has 2 rings (SSSR count). The summed E-state index contributed by atoms with van der Waals surface area (Å²) in [7, 11) is 0. The number of carbonyl (C=O) groups excluding carboxylic acids is 1. The van der Waals surface area contributed by atoms with Crippen LogP contribution in [-0.2, 0) is 4.74 Å². The standard InChI is InChI=1S/C15H20ClNO2/c1-15(2,3)19-14(18)17-10-4-5-13(17)11-6-8-12(16)9-7-11/h6-9,13H,4-5,10H2,1-3H3/t13-/m0/s1. The summed E-state index contributed by atoms with van der Waals surface area (Å²) >= 11 is 5.90. The minimum atomic E-state index is -0.454. The Morgan fingerprint density at radius 1 is 1.32 bits per heavy atom. The Morgan fingerprint density at radius 2 is 1.95 bits per heavy atom. The molecule has 0 unspecified atom stereocenters. The lowest BCUT2D eigenvalue weighted by atomic mass is 10.1. The molecule has 0 bridgehead atoms. The van der Waals surface area contributed by atoms with Gasteiger partial charge in [0.15, 0.2) is 0 Å². The van der Waals surface area contributed by atoms with E-state index in [1.165, 1.54) is 0 Å². The molecule has 104 valence electrons. The molecule has 0 spiro atoms. The van der Waals surface area contributed by atoms with Crippen LogP contribution in [0.1, 0.15) is 45.2 Å². The molecule has 3 nitrogen and oxygen atoms in total. The number of likely N-dealkylation sites (tertiary alicyclic amines) is 1. The minimum absolute atomic E-state index is 0.104. The van der Waals surface area contributed by atoms with Gasteiger partial charge in [-0.25, -0.2) is 4.79 Å². The number of hydrogen-bond acceptors (Lipinski definition) is 2. The zero-order valence-corrected chi connectivity index (χ0v) is 12.4. The second kappa shape index (κ2) is 5.41. The molecule has 0 aromatic heterocycles. The van der Waals surface area contributed by atoms with E-state index in [2.05, 4.69) is 0 Å². The molecule has 1 atom stereocenters. The van der Waals surface area contributed by atoms with Crippen LogP contribution in [-0.4, -0.2) is 23.1 Å². The molecule has 0 radical (unpaired) electrons. The first-order valence-electron chi connectivity index (χ1n) is 6.62. The maximum absolute atomic E-state index is 12.2. The third-order valence-electron chi connectivity index (χ3n) is 3.14. The van der Waals surface area contributed by atoms with Crippen LogP contribution in [0.25, 0.3) is 0 Å². The summed E-state index contributed by atoms with van der Waals surface area (Å²) in [5.74, 6) is 0. The number of carbonyl (C=O) groups is 1. The Hall–Kier alpha value is -1.22. The molecule has 0 aliphatic carbocycles. The molecule has 1 aliphatic rings. The summed E-state index contributed by atoms with van der Waals surface area (Å²) in [5.41, 5.74) is 0.664. The zero-order valence-electron chi connectivity index (χ0n) is 11.6. The average Bonchev–Trinajstić information content (AvgIpc) is 2.76. The maximum Gasteiger partial charge on any atom is 0.410 e. The van der Waals surface area contributed by atoms with E-state index in [0.717, 1.165) is 24.9 Å². The van der Waals surface area contributed by atoms with Crippen molar-refractivity contribution in [3.63, 3.8) is 0 Å². The normalized spacial score (nSPS) is 19.6. The van der Waals surface area contributed by atoms with E-state index in [1.54, 1.807) is 0 Å². The van der Waals surface area contributed by atoms with Crippen molar-refractivity contribution in [1.29, 1.82) is 0 Å². The van der Waals surface area contributed by atoms with Gasteiger partial charge in [-0.2, -0.15) is 0 Å². The van der Waals surface area contributed by atoms with Crippen molar-refractivity contribution >= 4 is 17.7 Å². The van der Waals surface area contributed by atoms with Gasteiger partial charge < -0.3 is 9.64 Å². The molecule has 1 aliphatic heterocycles. The number of halogens is 1. The SMILES string of the molecule is CC(C)(C)OC(=O)N1CCC[C@H]1c1ccc(Cl)cc1. The summed E-state index contributed by atoms with van der Waals surface area (Å²) < 4.78 is 5.46.